The average Bonchev–Trinajstić information content (AvgIpc) is 3.88. The number of para-hydroxylation sites is 2. The van der Waals surface area contributed by atoms with Crippen molar-refractivity contribution in [2.24, 2.45) is 0 Å². The van der Waals surface area contributed by atoms with Crippen LogP contribution in [0.3, 0.4) is 0 Å². The Bertz CT molecular complexity index is 3460. The van der Waals surface area contributed by atoms with E-state index in [0.717, 1.165) is 62.6 Å². The van der Waals surface area contributed by atoms with Crippen molar-refractivity contribution in [1.29, 1.82) is 0 Å². The van der Waals surface area contributed by atoms with Crippen LogP contribution in [0.15, 0.2) is 150 Å². The third-order valence-electron chi connectivity index (χ3n) is 13.0. The summed E-state index contributed by atoms with van der Waals surface area (Å²) in [6, 6.07) is 52.5. The fourth-order valence-corrected chi connectivity index (χ4v) is 9.94. The first kappa shape index (κ1) is 32.5. The Hall–Kier alpha value is -6.72. The highest BCUT2D eigenvalue weighted by molar-refractivity contribution is 6.25. The van der Waals surface area contributed by atoms with Crippen molar-refractivity contribution in [3.05, 3.63) is 157 Å². The Morgan fingerprint density at radius 1 is 0.491 bits per heavy atom. The molecule has 1 aliphatic rings. The fraction of sp³-hybridized carbons (Fsp3) is 0.154. The number of hydrogen-bond donors (Lipinski definition) is 0. The molecule has 1 aliphatic carbocycles. The molecule has 0 saturated carbocycles. The summed E-state index contributed by atoms with van der Waals surface area (Å²) in [6.45, 7) is 9.67. The number of aromatic nitrogens is 4. The van der Waals surface area contributed by atoms with Gasteiger partial charge in [0.1, 0.15) is 5.58 Å². The predicted octanol–water partition coefficient (Wildman–Crippen LogP) is 13.7. The molecule has 0 radical (unpaired) electrons. The zero-order valence-electron chi connectivity index (χ0n) is 32.5. The van der Waals surface area contributed by atoms with Crippen molar-refractivity contribution in [3.8, 4) is 22.9 Å². The maximum Gasteiger partial charge on any atom is 0.238 e. The van der Waals surface area contributed by atoms with Crippen LogP contribution in [0.1, 0.15) is 51.7 Å². The number of nitrogens with zero attached hydrogens (tertiary/aromatic N) is 4. The predicted molar refractivity (Wildman–Crippen MR) is 236 cm³/mol. The second-order valence-corrected chi connectivity index (χ2v) is 17.3. The normalized spacial score (nSPS) is 15.2. The molecule has 4 heterocycles. The minimum Gasteiger partial charge on any atom is -0.437 e. The number of furan rings is 1. The van der Waals surface area contributed by atoms with E-state index in [0.29, 0.717) is 11.7 Å². The summed E-state index contributed by atoms with van der Waals surface area (Å²) in [7, 11) is 0. The van der Waals surface area contributed by atoms with Crippen molar-refractivity contribution >= 4 is 76.5 Å². The van der Waals surface area contributed by atoms with Crippen LogP contribution in [0.5, 0.6) is 0 Å². The Morgan fingerprint density at radius 2 is 1.11 bits per heavy atom. The van der Waals surface area contributed by atoms with Crippen LogP contribution in [-0.4, -0.2) is 19.1 Å². The maximum atomic E-state index is 6.55. The summed E-state index contributed by atoms with van der Waals surface area (Å²) in [6.07, 6.45) is 2.32. The van der Waals surface area contributed by atoms with Gasteiger partial charge in [0.25, 0.3) is 0 Å². The molecule has 0 atom stereocenters. The van der Waals surface area contributed by atoms with Gasteiger partial charge in [0, 0.05) is 38.2 Å². The van der Waals surface area contributed by atoms with Crippen molar-refractivity contribution in [3.63, 3.8) is 0 Å². The highest BCUT2D eigenvalue weighted by Crippen LogP contribution is 2.50. The van der Waals surface area contributed by atoms with Gasteiger partial charge >= 0.3 is 0 Å². The second kappa shape index (κ2) is 11.4. The topological polar surface area (TPSA) is 48.8 Å². The van der Waals surface area contributed by atoms with E-state index in [1.165, 1.54) is 49.1 Å². The Morgan fingerprint density at radius 3 is 1.89 bits per heavy atom. The molecule has 11 aromatic rings. The summed E-state index contributed by atoms with van der Waals surface area (Å²) in [5.41, 5.74) is 12.0. The molecule has 0 fully saturated rings. The van der Waals surface area contributed by atoms with Gasteiger partial charge in [-0.05, 0) is 94.1 Å². The van der Waals surface area contributed by atoms with Gasteiger partial charge in [0.2, 0.25) is 11.7 Å². The van der Waals surface area contributed by atoms with Crippen LogP contribution in [0.4, 0.5) is 0 Å². The van der Waals surface area contributed by atoms with Crippen molar-refractivity contribution in [1.82, 2.24) is 19.1 Å². The van der Waals surface area contributed by atoms with E-state index in [2.05, 4.69) is 164 Å². The van der Waals surface area contributed by atoms with Gasteiger partial charge in [-0.25, -0.2) is 4.98 Å². The van der Waals surface area contributed by atoms with E-state index in [-0.39, 0.29) is 10.8 Å². The zero-order valence-corrected chi connectivity index (χ0v) is 32.5. The van der Waals surface area contributed by atoms with E-state index in [4.69, 9.17) is 14.4 Å². The van der Waals surface area contributed by atoms with Gasteiger partial charge in [-0.3, -0.25) is 4.57 Å². The Kier molecular flexibility index (Phi) is 6.52. The van der Waals surface area contributed by atoms with Crippen molar-refractivity contribution in [2.75, 3.05) is 0 Å². The van der Waals surface area contributed by atoms with Crippen LogP contribution in [0.2, 0.25) is 0 Å². The van der Waals surface area contributed by atoms with Gasteiger partial charge < -0.3 is 8.98 Å². The summed E-state index contributed by atoms with van der Waals surface area (Å²) in [5, 5.41) is 9.16. The second-order valence-electron chi connectivity index (χ2n) is 17.3. The smallest absolute Gasteiger partial charge is 0.238 e. The van der Waals surface area contributed by atoms with E-state index in [1.807, 2.05) is 18.2 Å². The molecule has 57 heavy (non-hydrogen) atoms. The van der Waals surface area contributed by atoms with Crippen LogP contribution in [0, 0.1) is 0 Å². The van der Waals surface area contributed by atoms with Crippen LogP contribution < -0.4 is 0 Å². The minimum atomic E-state index is 0.0712. The van der Waals surface area contributed by atoms with Gasteiger partial charge in [-0.1, -0.05) is 125 Å². The van der Waals surface area contributed by atoms with Gasteiger partial charge in [0.15, 0.2) is 0 Å². The summed E-state index contributed by atoms with van der Waals surface area (Å²) < 4.78 is 11.3. The molecule has 0 spiro atoms. The summed E-state index contributed by atoms with van der Waals surface area (Å²) in [5.74, 6) is 0.585. The minimum absolute atomic E-state index is 0.0712. The van der Waals surface area contributed by atoms with Gasteiger partial charge in [0.05, 0.1) is 33.1 Å². The first-order chi connectivity index (χ1) is 27.7. The third kappa shape index (κ3) is 4.57. The molecule has 4 aromatic heterocycles. The lowest BCUT2D eigenvalue weighted by Gasteiger charge is -2.42. The summed E-state index contributed by atoms with van der Waals surface area (Å²) in [4.78, 5) is 10.8. The Labute approximate surface area is 329 Å². The molecule has 5 heteroatoms. The van der Waals surface area contributed by atoms with Crippen LogP contribution >= 0.6 is 0 Å². The number of fused-ring (bicyclic) bond motifs is 12. The lowest BCUT2D eigenvalue weighted by atomic mass is 9.63. The van der Waals surface area contributed by atoms with Crippen molar-refractivity contribution in [2.45, 2.75) is 51.4 Å². The molecule has 0 amide bonds. The maximum absolute atomic E-state index is 6.55. The number of rotatable bonds is 3. The molecule has 12 rings (SSSR count). The Balaban J connectivity index is 1.27. The lowest BCUT2D eigenvalue weighted by Crippen LogP contribution is -2.33. The van der Waals surface area contributed by atoms with E-state index in [1.54, 1.807) is 0 Å². The average molecular weight is 737 g/mol. The first-order valence-corrected chi connectivity index (χ1v) is 20.0. The van der Waals surface area contributed by atoms with E-state index < -0.39 is 0 Å². The van der Waals surface area contributed by atoms with Crippen LogP contribution in [0.25, 0.3) is 99.3 Å². The summed E-state index contributed by atoms with van der Waals surface area (Å²) >= 11 is 0. The lowest BCUT2D eigenvalue weighted by molar-refractivity contribution is 0.332. The SMILES string of the molecule is CC1(C)CCC(C)(C)c2cc3c(cc21)c1cc2c(cc1n3-c1ccccc1)c1c3ccccc3ccc1n2-c1nc(-c2ccccc2)c2c(n1)oc1ccccc12. The highest BCUT2D eigenvalue weighted by Gasteiger charge is 2.38. The molecular formula is C52H40N4O. The standard InChI is InChI=1S/C52H40N4O/c1-51(2)25-26-52(3,4)40-30-44-36(27-39(40)51)37-28-43-38(29-42(37)55(44)33-18-9-6-10-19-33)46-34-20-12-11-15-31(34)23-24-41(46)56(43)50-53-48(32-16-7-5-8-17-32)47-35-21-13-14-22-45(35)57-49(47)54-50/h5-24,27-30H,25-26H2,1-4H3. The van der Waals surface area contributed by atoms with E-state index in [9.17, 15) is 0 Å². The molecule has 0 aliphatic heterocycles. The molecular weight excluding hydrogens is 697 g/mol. The van der Waals surface area contributed by atoms with E-state index >= 15 is 0 Å². The third-order valence-corrected chi connectivity index (χ3v) is 13.0. The number of benzene rings is 7. The molecule has 5 nitrogen and oxygen atoms in total. The molecule has 274 valence electrons. The van der Waals surface area contributed by atoms with Gasteiger partial charge in [-0.15, -0.1) is 0 Å². The first-order valence-electron chi connectivity index (χ1n) is 20.0. The zero-order chi connectivity index (χ0) is 38.2. The molecule has 0 N–H and O–H groups in total. The molecule has 7 aromatic carbocycles. The fourth-order valence-electron chi connectivity index (χ4n) is 9.94. The number of hydrogen-bond acceptors (Lipinski definition) is 3. The highest BCUT2D eigenvalue weighted by atomic mass is 16.3. The molecule has 0 unspecified atom stereocenters. The van der Waals surface area contributed by atoms with Crippen LogP contribution in [-0.2, 0) is 10.8 Å². The van der Waals surface area contributed by atoms with Crippen molar-refractivity contribution < 1.29 is 4.42 Å². The largest absolute Gasteiger partial charge is 0.437 e. The molecule has 0 bridgehead atoms. The quantitative estimate of drug-likeness (QED) is 0.181. The van der Waals surface area contributed by atoms with Gasteiger partial charge in [-0.2, -0.15) is 4.98 Å². The monoisotopic (exact) mass is 736 g/mol. The molecule has 0 saturated heterocycles.